The van der Waals surface area contributed by atoms with Crippen LogP contribution in [0, 0.1) is 11.7 Å². The van der Waals surface area contributed by atoms with Gasteiger partial charge in [-0.05, 0) is 69.0 Å². The van der Waals surface area contributed by atoms with Crippen molar-refractivity contribution in [2.24, 2.45) is 5.92 Å². The van der Waals surface area contributed by atoms with Gasteiger partial charge in [0.15, 0.2) is 9.84 Å². The van der Waals surface area contributed by atoms with Crippen molar-refractivity contribution in [1.29, 1.82) is 0 Å². The van der Waals surface area contributed by atoms with Gasteiger partial charge in [-0.3, -0.25) is 4.79 Å². The number of hydrogen-bond donors (Lipinski definition) is 1. The van der Waals surface area contributed by atoms with Crippen LogP contribution in [0.5, 0.6) is 0 Å². The van der Waals surface area contributed by atoms with Crippen LogP contribution < -0.4 is 5.32 Å². The predicted molar refractivity (Wildman–Crippen MR) is 108 cm³/mol. The Morgan fingerprint density at radius 1 is 0.941 bits per heavy atom. The lowest BCUT2D eigenvalue weighted by molar-refractivity contribution is -0.140. The minimum absolute atomic E-state index is 0.143. The van der Waals surface area contributed by atoms with Gasteiger partial charge in [0.25, 0.3) is 5.91 Å². The molecule has 4 nitrogen and oxygen atoms in total. The molecule has 1 aliphatic carbocycles. The summed E-state index contributed by atoms with van der Waals surface area (Å²) in [5.41, 5.74) is -3.09. The van der Waals surface area contributed by atoms with Crippen molar-refractivity contribution in [2.75, 3.05) is 0 Å². The molecule has 0 atom stereocenters. The number of alkyl halides is 6. The Kier molecular flexibility index (Phi) is 6.53. The minimum Gasteiger partial charge on any atom is -0.349 e. The molecule has 0 spiro atoms. The number of halogens is 7. The first-order chi connectivity index (χ1) is 15.4. The summed E-state index contributed by atoms with van der Waals surface area (Å²) in [6, 6.07) is 4.69. The Bertz CT molecular complexity index is 1200. The quantitative estimate of drug-likeness (QED) is 0.530. The number of carbonyl (C=O) groups excluding carboxylic acids is 1. The zero-order chi connectivity index (χ0) is 25.7. The maximum atomic E-state index is 13.4. The summed E-state index contributed by atoms with van der Waals surface area (Å²) in [4.78, 5) is 11.8. The minimum atomic E-state index is -4.98. The van der Waals surface area contributed by atoms with Crippen LogP contribution >= 0.6 is 0 Å². The van der Waals surface area contributed by atoms with E-state index in [9.17, 15) is 43.9 Å². The lowest BCUT2D eigenvalue weighted by Crippen LogP contribution is -2.53. The Labute approximate surface area is 191 Å². The van der Waals surface area contributed by atoms with Crippen molar-refractivity contribution in [2.45, 2.75) is 54.7 Å². The van der Waals surface area contributed by atoms with Crippen LogP contribution in [0.15, 0.2) is 47.4 Å². The Hall–Kier alpha value is -2.63. The van der Waals surface area contributed by atoms with Crippen molar-refractivity contribution in [3.63, 3.8) is 0 Å². The zero-order valence-corrected chi connectivity index (χ0v) is 18.7. The molecule has 1 saturated carbocycles. The molecule has 186 valence electrons. The third-order valence-electron chi connectivity index (χ3n) is 6.15. The Morgan fingerprint density at radius 3 is 2.12 bits per heavy atom. The number of amides is 1. The second kappa shape index (κ2) is 8.54. The molecule has 12 heteroatoms. The molecule has 1 amide bonds. The van der Waals surface area contributed by atoms with Crippen LogP contribution in [0.3, 0.4) is 0 Å². The average Bonchev–Trinajstić information content (AvgIpc) is 2.68. The molecule has 0 aliphatic heterocycles. The van der Waals surface area contributed by atoms with Gasteiger partial charge in [-0.1, -0.05) is 6.07 Å². The van der Waals surface area contributed by atoms with Crippen LogP contribution in [0.1, 0.15) is 48.2 Å². The highest BCUT2D eigenvalue weighted by molar-refractivity contribution is 7.92. The molecule has 0 radical (unpaired) electrons. The SMILES string of the molecule is CC(C)([C@H]1C[C@@H](NC(=O)c2ccc(F)c(C(F)(F)F)c2)C1)S(=O)(=O)c1cccc(C(F)(F)F)c1. The fraction of sp³-hybridized carbons (Fsp3) is 0.409. The summed E-state index contributed by atoms with van der Waals surface area (Å²) in [7, 11) is -4.19. The van der Waals surface area contributed by atoms with Gasteiger partial charge in [0.1, 0.15) is 5.82 Å². The van der Waals surface area contributed by atoms with Crippen LogP contribution in [-0.2, 0) is 22.2 Å². The first-order valence-electron chi connectivity index (χ1n) is 10.0. The molecule has 3 rings (SSSR count). The molecule has 1 fully saturated rings. The first kappa shape index (κ1) is 26.0. The maximum Gasteiger partial charge on any atom is 0.419 e. The van der Waals surface area contributed by atoms with E-state index in [4.69, 9.17) is 0 Å². The predicted octanol–water partition coefficient (Wildman–Crippen LogP) is 5.62. The number of hydrogen-bond acceptors (Lipinski definition) is 3. The smallest absolute Gasteiger partial charge is 0.349 e. The molecule has 2 aromatic rings. The normalized spacial score (nSPS) is 19.4. The molecule has 0 bridgehead atoms. The van der Waals surface area contributed by atoms with E-state index in [-0.39, 0.29) is 12.8 Å². The highest BCUT2D eigenvalue weighted by Gasteiger charge is 2.49. The van der Waals surface area contributed by atoms with E-state index >= 15 is 0 Å². The Morgan fingerprint density at radius 2 is 1.56 bits per heavy atom. The van der Waals surface area contributed by atoms with E-state index in [0.29, 0.717) is 18.2 Å². The third-order valence-corrected chi connectivity index (χ3v) is 8.75. The van der Waals surface area contributed by atoms with E-state index < -0.39 is 72.2 Å². The number of nitrogens with one attached hydrogen (secondary N) is 1. The summed E-state index contributed by atoms with van der Waals surface area (Å²) in [5.74, 6) is -2.93. The van der Waals surface area contributed by atoms with Crippen LogP contribution in [0.4, 0.5) is 30.7 Å². The molecular formula is C22H20F7NO3S. The summed E-state index contributed by atoms with van der Waals surface area (Å²) in [6.45, 7) is 2.75. The molecule has 34 heavy (non-hydrogen) atoms. The van der Waals surface area contributed by atoms with Gasteiger partial charge in [-0.15, -0.1) is 0 Å². The van der Waals surface area contributed by atoms with Crippen LogP contribution in [0.2, 0.25) is 0 Å². The standard InChI is InChI=1S/C22H20F7NO3S/c1-20(2,34(32,33)16-5-3-4-13(11-16)21(24,25)26)14-9-15(10-14)30-19(31)12-6-7-18(23)17(8-12)22(27,28)29/h3-8,11,14-15H,9-10H2,1-2H3,(H,30,31)/t14-,15+. The summed E-state index contributed by atoms with van der Waals surface area (Å²) < 4.78 is 116. The second-order valence-corrected chi connectivity index (χ2v) is 11.2. The molecule has 1 N–H and O–H groups in total. The zero-order valence-electron chi connectivity index (χ0n) is 17.9. The van der Waals surface area contributed by atoms with E-state index in [1.165, 1.54) is 13.8 Å². The molecule has 0 heterocycles. The molecule has 0 aromatic heterocycles. The fourth-order valence-corrected chi connectivity index (χ4v) is 5.60. The number of benzene rings is 2. The van der Waals surface area contributed by atoms with Gasteiger partial charge in [0.05, 0.1) is 20.8 Å². The van der Waals surface area contributed by atoms with Crippen LogP contribution in [-0.4, -0.2) is 25.1 Å². The lowest BCUT2D eigenvalue weighted by atomic mass is 9.73. The summed E-state index contributed by atoms with van der Waals surface area (Å²) in [6.07, 6.45) is -9.41. The van der Waals surface area contributed by atoms with E-state index in [2.05, 4.69) is 5.32 Å². The molecular weight excluding hydrogens is 491 g/mol. The average molecular weight is 511 g/mol. The van der Waals surface area contributed by atoms with Crippen molar-refractivity contribution in [3.05, 3.63) is 65.0 Å². The van der Waals surface area contributed by atoms with Crippen molar-refractivity contribution < 1.29 is 43.9 Å². The van der Waals surface area contributed by atoms with Gasteiger partial charge in [0, 0.05) is 11.6 Å². The summed E-state index contributed by atoms with van der Waals surface area (Å²) >= 11 is 0. The Balaban J connectivity index is 1.71. The highest BCUT2D eigenvalue weighted by atomic mass is 32.2. The molecule has 2 aromatic carbocycles. The third kappa shape index (κ3) is 4.91. The molecule has 0 unspecified atom stereocenters. The monoisotopic (exact) mass is 511 g/mol. The van der Waals surface area contributed by atoms with Crippen LogP contribution in [0.25, 0.3) is 0 Å². The number of rotatable bonds is 5. The van der Waals surface area contributed by atoms with Gasteiger partial charge in [0.2, 0.25) is 0 Å². The summed E-state index contributed by atoms with van der Waals surface area (Å²) in [5, 5.41) is 2.48. The number of sulfone groups is 1. The van der Waals surface area contributed by atoms with E-state index in [1.54, 1.807) is 0 Å². The lowest BCUT2D eigenvalue weighted by Gasteiger charge is -2.45. The van der Waals surface area contributed by atoms with Gasteiger partial charge in [-0.2, -0.15) is 26.3 Å². The maximum absolute atomic E-state index is 13.4. The molecule has 0 saturated heterocycles. The van der Waals surface area contributed by atoms with Crippen molar-refractivity contribution in [1.82, 2.24) is 5.32 Å². The largest absolute Gasteiger partial charge is 0.419 e. The second-order valence-electron chi connectivity index (χ2n) is 8.66. The number of carbonyl (C=O) groups is 1. The van der Waals surface area contributed by atoms with Gasteiger partial charge < -0.3 is 5.32 Å². The van der Waals surface area contributed by atoms with E-state index in [0.717, 1.165) is 24.3 Å². The van der Waals surface area contributed by atoms with Gasteiger partial charge in [-0.25, -0.2) is 12.8 Å². The van der Waals surface area contributed by atoms with Gasteiger partial charge >= 0.3 is 12.4 Å². The fourth-order valence-electron chi connectivity index (χ4n) is 3.82. The first-order valence-corrected chi connectivity index (χ1v) is 11.5. The van der Waals surface area contributed by atoms with E-state index in [1.807, 2.05) is 0 Å². The molecule has 1 aliphatic rings. The van der Waals surface area contributed by atoms with Crippen molar-refractivity contribution in [3.8, 4) is 0 Å². The highest BCUT2D eigenvalue weighted by Crippen LogP contribution is 2.44. The van der Waals surface area contributed by atoms with Crippen molar-refractivity contribution >= 4 is 15.7 Å². The topological polar surface area (TPSA) is 63.2 Å².